The first-order valence-corrected chi connectivity index (χ1v) is 9.11. The summed E-state index contributed by atoms with van der Waals surface area (Å²) in [5, 5.41) is 13.3. The molecule has 0 unspecified atom stereocenters. The number of carbonyl (C=O) groups excluding carboxylic acids is 3. The highest BCUT2D eigenvalue weighted by Crippen LogP contribution is 2.26. The Morgan fingerprint density at radius 2 is 1.86 bits per heavy atom. The molecule has 1 saturated heterocycles. The Kier molecular flexibility index (Phi) is 4.81. The van der Waals surface area contributed by atoms with E-state index >= 15 is 0 Å². The summed E-state index contributed by atoms with van der Waals surface area (Å²) < 4.78 is 5.51. The van der Waals surface area contributed by atoms with Gasteiger partial charge in [0.1, 0.15) is 0 Å². The van der Waals surface area contributed by atoms with E-state index in [-0.39, 0.29) is 40.9 Å². The van der Waals surface area contributed by atoms with E-state index < -0.39 is 16.7 Å². The number of nitrogens with zero attached hydrogens (tertiary/aromatic N) is 2. The van der Waals surface area contributed by atoms with Crippen molar-refractivity contribution in [2.45, 2.75) is 18.9 Å². The largest absolute Gasteiger partial charge is 0.376 e. The van der Waals surface area contributed by atoms with Crippen LogP contribution in [0.5, 0.6) is 0 Å². The molecule has 148 valence electrons. The minimum atomic E-state index is -0.531. The van der Waals surface area contributed by atoms with Gasteiger partial charge in [0.2, 0.25) is 0 Å². The summed E-state index contributed by atoms with van der Waals surface area (Å²) >= 11 is 0. The molecule has 2 aliphatic rings. The van der Waals surface area contributed by atoms with Crippen LogP contribution in [-0.2, 0) is 4.74 Å². The van der Waals surface area contributed by atoms with Crippen molar-refractivity contribution in [3.05, 3.63) is 69.3 Å². The average Bonchev–Trinajstić information content (AvgIpc) is 3.31. The first-order valence-electron chi connectivity index (χ1n) is 9.11. The van der Waals surface area contributed by atoms with Crippen LogP contribution in [0.1, 0.15) is 43.9 Å². The zero-order valence-corrected chi connectivity index (χ0v) is 15.3. The van der Waals surface area contributed by atoms with Gasteiger partial charge in [-0.1, -0.05) is 0 Å². The Morgan fingerprint density at radius 3 is 2.52 bits per heavy atom. The maximum Gasteiger partial charge on any atom is 0.269 e. The number of benzene rings is 2. The number of imide groups is 1. The number of non-ortho nitro benzene ring substituents is 1. The van der Waals surface area contributed by atoms with Crippen molar-refractivity contribution in [3.63, 3.8) is 0 Å². The van der Waals surface area contributed by atoms with Crippen LogP contribution in [0.3, 0.4) is 0 Å². The molecule has 0 aliphatic carbocycles. The number of rotatable bonds is 5. The van der Waals surface area contributed by atoms with E-state index in [0.717, 1.165) is 12.8 Å². The second-order valence-corrected chi connectivity index (χ2v) is 6.87. The van der Waals surface area contributed by atoms with Gasteiger partial charge in [0.25, 0.3) is 23.4 Å². The predicted octanol–water partition coefficient (Wildman–Crippen LogP) is 2.62. The number of nitro benzene ring substituents is 1. The maximum absolute atomic E-state index is 12.7. The summed E-state index contributed by atoms with van der Waals surface area (Å²) in [6.07, 6.45) is 1.55. The SMILES string of the molecule is O=C(Nc1ccc([N+](=O)[O-])cc1)c1ccc2c(c1)C(=O)N(C[C@@H]1CCCO1)C2=O. The first-order chi connectivity index (χ1) is 13.9. The molecule has 3 amide bonds. The van der Waals surface area contributed by atoms with Crippen molar-refractivity contribution in [1.82, 2.24) is 4.90 Å². The van der Waals surface area contributed by atoms with Gasteiger partial charge in [0.05, 0.1) is 28.7 Å². The molecule has 9 nitrogen and oxygen atoms in total. The third-order valence-corrected chi connectivity index (χ3v) is 4.98. The van der Waals surface area contributed by atoms with E-state index in [9.17, 15) is 24.5 Å². The van der Waals surface area contributed by atoms with Gasteiger partial charge >= 0.3 is 0 Å². The van der Waals surface area contributed by atoms with Gasteiger partial charge in [-0.2, -0.15) is 0 Å². The van der Waals surface area contributed by atoms with Crippen molar-refractivity contribution >= 4 is 29.1 Å². The lowest BCUT2D eigenvalue weighted by Crippen LogP contribution is -2.36. The van der Waals surface area contributed by atoms with Crippen LogP contribution < -0.4 is 5.32 Å². The van der Waals surface area contributed by atoms with Crippen LogP contribution in [0.25, 0.3) is 0 Å². The minimum absolute atomic E-state index is 0.0871. The van der Waals surface area contributed by atoms with E-state index in [2.05, 4.69) is 5.32 Å². The van der Waals surface area contributed by atoms with Crippen LogP contribution in [0.4, 0.5) is 11.4 Å². The lowest BCUT2D eigenvalue weighted by Gasteiger charge is -2.17. The van der Waals surface area contributed by atoms with Crippen LogP contribution in [-0.4, -0.2) is 46.8 Å². The number of fused-ring (bicyclic) bond motifs is 1. The summed E-state index contributed by atoms with van der Waals surface area (Å²) in [4.78, 5) is 49.1. The number of carbonyl (C=O) groups is 3. The lowest BCUT2D eigenvalue weighted by atomic mass is 10.1. The Labute approximate surface area is 165 Å². The monoisotopic (exact) mass is 395 g/mol. The van der Waals surface area contributed by atoms with E-state index in [0.29, 0.717) is 12.3 Å². The molecular formula is C20H17N3O6. The summed E-state index contributed by atoms with van der Waals surface area (Å²) in [5.41, 5.74) is 0.950. The molecular weight excluding hydrogens is 378 g/mol. The number of hydrogen-bond acceptors (Lipinski definition) is 6. The maximum atomic E-state index is 12.7. The molecule has 0 aromatic heterocycles. The standard InChI is InChI=1S/C20H17N3O6/c24-18(21-13-4-6-14(7-5-13)23(27)28)12-3-8-16-17(10-12)20(26)22(19(16)25)11-15-2-1-9-29-15/h3-8,10,15H,1-2,9,11H2,(H,21,24)/t15-/m0/s1. The van der Waals surface area contributed by atoms with E-state index in [1.165, 1.54) is 47.4 Å². The van der Waals surface area contributed by atoms with Crippen molar-refractivity contribution in [2.24, 2.45) is 0 Å². The first kappa shape index (κ1) is 18.8. The number of ether oxygens (including phenoxy) is 1. The van der Waals surface area contributed by atoms with Crippen LogP contribution in [0.2, 0.25) is 0 Å². The number of nitrogens with one attached hydrogen (secondary N) is 1. The van der Waals surface area contributed by atoms with E-state index in [1.54, 1.807) is 0 Å². The summed E-state index contributed by atoms with van der Waals surface area (Å²) in [6, 6.07) is 9.73. The molecule has 4 rings (SSSR count). The Hall–Kier alpha value is -3.59. The van der Waals surface area contributed by atoms with Crippen LogP contribution >= 0.6 is 0 Å². The summed E-state index contributed by atoms with van der Waals surface area (Å²) in [6.45, 7) is 0.831. The Balaban J connectivity index is 1.50. The zero-order valence-electron chi connectivity index (χ0n) is 15.3. The van der Waals surface area contributed by atoms with Gasteiger partial charge in [-0.15, -0.1) is 0 Å². The summed E-state index contributed by atoms with van der Waals surface area (Å²) in [5.74, 6) is -1.31. The quantitative estimate of drug-likeness (QED) is 0.472. The van der Waals surface area contributed by atoms with Crippen molar-refractivity contribution < 1.29 is 24.0 Å². The zero-order chi connectivity index (χ0) is 20.5. The van der Waals surface area contributed by atoms with Crippen LogP contribution in [0, 0.1) is 10.1 Å². The molecule has 0 bridgehead atoms. The predicted molar refractivity (Wildman–Crippen MR) is 102 cm³/mol. The van der Waals surface area contributed by atoms with Gasteiger partial charge in [-0.25, -0.2) is 0 Å². The highest BCUT2D eigenvalue weighted by Gasteiger charge is 2.37. The van der Waals surface area contributed by atoms with Crippen LogP contribution in [0.15, 0.2) is 42.5 Å². The third kappa shape index (κ3) is 3.59. The highest BCUT2D eigenvalue weighted by molar-refractivity contribution is 6.22. The molecule has 2 heterocycles. The lowest BCUT2D eigenvalue weighted by molar-refractivity contribution is -0.384. The fourth-order valence-electron chi connectivity index (χ4n) is 3.46. The number of hydrogen-bond donors (Lipinski definition) is 1. The smallest absolute Gasteiger partial charge is 0.269 e. The third-order valence-electron chi connectivity index (χ3n) is 4.98. The molecule has 29 heavy (non-hydrogen) atoms. The highest BCUT2D eigenvalue weighted by atomic mass is 16.6. The topological polar surface area (TPSA) is 119 Å². The van der Waals surface area contributed by atoms with Crippen molar-refractivity contribution in [2.75, 3.05) is 18.5 Å². The minimum Gasteiger partial charge on any atom is -0.376 e. The van der Waals surface area contributed by atoms with Gasteiger partial charge in [-0.05, 0) is 43.2 Å². The second-order valence-electron chi connectivity index (χ2n) is 6.87. The molecule has 2 aliphatic heterocycles. The molecule has 0 radical (unpaired) electrons. The van der Waals surface area contributed by atoms with Crippen molar-refractivity contribution in [1.29, 1.82) is 0 Å². The van der Waals surface area contributed by atoms with Gasteiger partial charge in [0.15, 0.2) is 0 Å². The molecule has 0 saturated carbocycles. The molecule has 1 N–H and O–H groups in total. The van der Waals surface area contributed by atoms with Gasteiger partial charge in [0, 0.05) is 30.0 Å². The molecule has 1 atom stereocenters. The molecule has 1 fully saturated rings. The van der Waals surface area contributed by atoms with E-state index in [1.807, 2.05) is 0 Å². The van der Waals surface area contributed by atoms with E-state index in [4.69, 9.17) is 4.74 Å². The fraction of sp³-hybridized carbons (Fsp3) is 0.250. The molecule has 0 spiro atoms. The number of nitro groups is 1. The average molecular weight is 395 g/mol. The van der Waals surface area contributed by atoms with Gasteiger partial charge < -0.3 is 10.1 Å². The molecule has 9 heteroatoms. The Morgan fingerprint density at radius 1 is 1.14 bits per heavy atom. The number of anilines is 1. The molecule has 2 aromatic carbocycles. The summed E-state index contributed by atoms with van der Waals surface area (Å²) in [7, 11) is 0. The Bertz CT molecular complexity index is 1010. The normalized spacial score (nSPS) is 18.1. The number of amides is 3. The van der Waals surface area contributed by atoms with Crippen molar-refractivity contribution in [3.8, 4) is 0 Å². The fourth-order valence-corrected chi connectivity index (χ4v) is 3.46. The second kappa shape index (κ2) is 7.44. The molecule has 2 aromatic rings. The van der Waals surface area contributed by atoms with Gasteiger partial charge in [-0.3, -0.25) is 29.4 Å².